The fraction of sp³-hybridized carbons (Fsp3) is 0.600. The number of hydrogen-bond donors (Lipinski definition) is 2. The largest absolute Gasteiger partial charge is 0.506 e. The molecule has 1 fully saturated rings. The smallest absolute Gasteiger partial charge is 0.134 e. The molecule has 1 atom stereocenters. The molecule has 2 rings (SSSR count). The maximum absolute atomic E-state index is 10.4. The lowest BCUT2D eigenvalue weighted by molar-refractivity contribution is 0.151. The maximum atomic E-state index is 10.4. The molecule has 1 heterocycles. The number of halogens is 4. The van der Waals surface area contributed by atoms with Crippen molar-refractivity contribution >= 4 is 52.3 Å². The van der Waals surface area contributed by atoms with Crippen LogP contribution in [0.25, 0.3) is 0 Å². The van der Waals surface area contributed by atoms with E-state index in [1.807, 2.05) is 6.07 Å². The first-order valence-electron chi connectivity index (χ1n) is 7.11. The Balaban J connectivity index is 0.00000220. The van der Waals surface area contributed by atoms with Crippen LogP contribution in [0.4, 0.5) is 0 Å². The number of hydrogen-bond acceptors (Lipinski definition) is 3. The Morgan fingerprint density at radius 3 is 2.41 bits per heavy atom. The topological polar surface area (TPSA) is 35.5 Å². The van der Waals surface area contributed by atoms with Gasteiger partial charge in [-0.2, -0.15) is 0 Å². The number of phenolic OH excluding ortho intramolecular Hbond substituents is 1. The van der Waals surface area contributed by atoms with Crippen molar-refractivity contribution in [2.75, 3.05) is 26.2 Å². The van der Waals surface area contributed by atoms with Crippen LogP contribution in [0.2, 0.25) is 5.02 Å². The van der Waals surface area contributed by atoms with Gasteiger partial charge in [0.15, 0.2) is 0 Å². The first kappa shape index (κ1) is 22.3. The van der Waals surface area contributed by atoms with Gasteiger partial charge in [0, 0.05) is 42.8 Å². The average molecular weight is 435 g/mol. The Kier molecular flexibility index (Phi) is 10.4. The normalized spacial score (nSPS) is 16.8. The van der Waals surface area contributed by atoms with Gasteiger partial charge in [-0.05, 0) is 40.4 Å². The summed E-state index contributed by atoms with van der Waals surface area (Å²) in [5, 5.41) is 14.4. The van der Waals surface area contributed by atoms with Crippen molar-refractivity contribution in [3.05, 3.63) is 27.2 Å². The molecule has 22 heavy (non-hydrogen) atoms. The van der Waals surface area contributed by atoms with Gasteiger partial charge in [-0.1, -0.05) is 25.4 Å². The summed E-state index contributed by atoms with van der Waals surface area (Å²) in [5.41, 5.74) is 0.931. The van der Waals surface area contributed by atoms with Crippen LogP contribution in [0.5, 0.6) is 5.75 Å². The molecule has 1 aliphatic heterocycles. The number of piperazine rings is 1. The van der Waals surface area contributed by atoms with Crippen LogP contribution in [-0.4, -0.2) is 36.2 Å². The fourth-order valence-electron chi connectivity index (χ4n) is 2.75. The van der Waals surface area contributed by atoms with Gasteiger partial charge in [0.25, 0.3) is 0 Å². The average Bonchev–Trinajstić information content (AvgIpc) is 2.41. The summed E-state index contributed by atoms with van der Waals surface area (Å²) in [6.45, 7) is 8.42. The summed E-state index contributed by atoms with van der Waals surface area (Å²) in [6, 6.07) is 3.86. The number of nitrogens with one attached hydrogen (secondary N) is 1. The molecule has 1 saturated heterocycles. The number of nitrogens with zero attached hydrogens (tertiary/aromatic N) is 1. The van der Waals surface area contributed by atoms with Gasteiger partial charge < -0.3 is 10.4 Å². The van der Waals surface area contributed by atoms with E-state index in [0.29, 0.717) is 21.2 Å². The lowest BCUT2D eigenvalue weighted by Crippen LogP contribution is -2.45. The second kappa shape index (κ2) is 10.2. The Labute approximate surface area is 158 Å². The molecule has 0 bridgehead atoms. The standard InChI is InChI=1S/C15H22BrClN2O.2ClH/c1-10(2)7-14(19-5-3-18-4-6-19)12-8-11(17)9-13(16)15(12)20;;/h8-10,14,18,20H,3-7H2,1-2H3;2*1H/t14-;;/m1../s1. The van der Waals surface area contributed by atoms with Gasteiger partial charge in [-0.15, -0.1) is 24.8 Å². The summed E-state index contributed by atoms with van der Waals surface area (Å²) in [5.74, 6) is 0.880. The van der Waals surface area contributed by atoms with Gasteiger partial charge in [-0.3, -0.25) is 4.90 Å². The van der Waals surface area contributed by atoms with E-state index in [0.717, 1.165) is 38.2 Å². The molecule has 0 amide bonds. The third kappa shape index (κ3) is 5.73. The van der Waals surface area contributed by atoms with Crippen LogP contribution in [0.1, 0.15) is 31.9 Å². The van der Waals surface area contributed by atoms with Gasteiger partial charge in [0.05, 0.1) is 4.47 Å². The van der Waals surface area contributed by atoms with Crippen molar-refractivity contribution in [2.24, 2.45) is 5.92 Å². The Hall–Kier alpha value is 0.290. The van der Waals surface area contributed by atoms with Crippen LogP contribution in [0.15, 0.2) is 16.6 Å². The van der Waals surface area contributed by atoms with Crippen LogP contribution < -0.4 is 5.32 Å². The van der Waals surface area contributed by atoms with Crippen molar-refractivity contribution < 1.29 is 5.11 Å². The van der Waals surface area contributed by atoms with E-state index in [4.69, 9.17) is 11.6 Å². The summed E-state index contributed by atoms with van der Waals surface area (Å²) in [7, 11) is 0. The predicted molar refractivity (Wildman–Crippen MR) is 102 cm³/mol. The number of aromatic hydroxyl groups is 1. The van der Waals surface area contributed by atoms with Crippen LogP contribution in [-0.2, 0) is 0 Å². The molecule has 0 aliphatic carbocycles. The minimum Gasteiger partial charge on any atom is -0.506 e. The van der Waals surface area contributed by atoms with E-state index in [2.05, 4.69) is 40.0 Å². The lowest BCUT2D eigenvalue weighted by atomic mass is 9.94. The Morgan fingerprint density at radius 1 is 1.27 bits per heavy atom. The minimum atomic E-state index is 0. The minimum absolute atomic E-state index is 0. The third-order valence-corrected chi connectivity index (χ3v) is 4.53. The van der Waals surface area contributed by atoms with Crippen molar-refractivity contribution in [3.8, 4) is 5.75 Å². The summed E-state index contributed by atoms with van der Waals surface area (Å²) in [4.78, 5) is 2.44. The highest BCUT2D eigenvalue weighted by molar-refractivity contribution is 9.10. The first-order valence-corrected chi connectivity index (χ1v) is 8.28. The van der Waals surface area contributed by atoms with Crippen LogP contribution in [0, 0.1) is 5.92 Å². The molecule has 1 aliphatic rings. The number of rotatable bonds is 4. The molecule has 0 spiro atoms. The van der Waals surface area contributed by atoms with E-state index >= 15 is 0 Å². The van der Waals surface area contributed by atoms with Gasteiger partial charge >= 0.3 is 0 Å². The Morgan fingerprint density at radius 2 is 1.86 bits per heavy atom. The highest BCUT2D eigenvalue weighted by atomic mass is 79.9. The molecule has 2 N–H and O–H groups in total. The molecule has 0 radical (unpaired) electrons. The fourth-order valence-corrected chi connectivity index (χ4v) is 3.59. The predicted octanol–water partition coefficient (Wildman–Crippen LogP) is 4.64. The van der Waals surface area contributed by atoms with Crippen molar-refractivity contribution in [1.29, 1.82) is 0 Å². The van der Waals surface area contributed by atoms with Gasteiger partial charge in [0.2, 0.25) is 0 Å². The summed E-state index contributed by atoms with van der Waals surface area (Å²) in [6.07, 6.45) is 1.01. The molecular formula is C15H24BrCl3N2O. The second-order valence-electron chi connectivity index (χ2n) is 5.76. The molecule has 0 unspecified atom stereocenters. The van der Waals surface area contributed by atoms with E-state index in [1.165, 1.54) is 0 Å². The zero-order valence-corrected chi connectivity index (χ0v) is 16.8. The third-order valence-electron chi connectivity index (χ3n) is 3.70. The van der Waals surface area contributed by atoms with Crippen molar-refractivity contribution in [3.63, 3.8) is 0 Å². The highest BCUT2D eigenvalue weighted by Gasteiger charge is 2.26. The quantitative estimate of drug-likeness (QED) is 0.724. The molecule has 1 aromatic carbocycles. The molecular weight excluding hydrogens is 410 g/mol. The molecule has 1 aromatic rings. The van der Waals surface area contributed by atoms with Crippen LogP contribution >= 0.6 is 52.3 Å². The van der Waals surface area contributed by atoms with Gasteiger partial charge in [-0.25, -0.2) is 0 Å². The Bertz CT molecular complexity index is 468. The first-order chi connectivity index (χ1) is 9.49. The molecule has 7 heteroatoms. The van der Waals surface area contributed by atoms with Crippen molar-refractivity contribution in [2.45, 2.75) is 26.3 Å². The second-order valence-corrected chi connectivity index (χ2v) is 7.05. The van der Waals surface area contributed by atoms with E-state index in [9.17, 15) is 5.11 Å². The maximum Gasteiger partial charge on any atom is 0.134 e. The zero-order valence-electron chi connectivity index (χ0n) is 12.8. The van der Waals surface area contributed by atoms with Crippen LogP contribution in [0.3, 0.4) is 0 Å². The monoisotopic (exact) mass is 432 g/mol. The lowest BCUT2D eigenvalue weighted by Gasteiger charge is -2.36. The summed E-state index contributed by atoms with van der Waals surface area (Å²) >= 11 is 9.56. The number of phenols is 1. The molecule has 0 aromatic heterocycles. The van der Waals surface area contributed by atoms with E-state index in [1.54, 1.807) is 6.07 Å². The van der Waals surface area contributed by atoms with Crippen molar-refractivity contribution in [1.82, 2.24) is 10.2 Å². The summed E-state index contributed by atoms with van der Waals surface area (Å²) < 4.78 is 0.670. The van der Waals surface area contributed by atoms with Gasteiger partial charge in [0.1, 0.15) is 5.75 Å². The zero-order chi connectivity index (χ0) is 14.7. The van der Waals surface area contributed by atoms with E-state index < -0.39 is 0 Å². The molecule has 128 valence electrons. The SMILES string of the molecule is CC(C)C[C@H](c1cc(Cl)cc(Br)c1O)N1CCNCC1.Cl.Cl. The molecule has 0 saturated carbocycles. The van der Waals surface area contributed by atoms with E-state index in [-0.39, 0.29) is 30.9 Å². The molecule has 3 nitrogen and oxygen atoms in total. The highest BCUT2D eigenvalue weighted by Crippen LogP contribution is 2.39. The number of benzene rings is 1.